The summed E-state index contributed by atoms with van der Waals surface area (Å²) in [6, 6.07) is 5.48. The summed E-state index contributed by atoms with van der Waals surface area (Å²) in [6.07, 6.45) is 1.11. The predicted molar refractivity (Wildman–Crippen MR) is 125 cm³/mol. The molecule has 8 heteroatoms. The number of phenolic OH excluding ortho intramolecular Hbond substituents is 1. The summed E-state index contributed by atoms with van der Waals surface area (Å²) in [5.41, 5.74) is 1.82. The van der Waals surface area contributed by atoms with Crippen molar-refractivity contribution in [3.63, 3.8) is 0 Å². The molecule has 2 fully saturated rings. The maximum atomic E-state index is 13.5. The van der Waals surface area contributed by atoms with Gasteiger partial charge in [0.05, 0.1) is 13.2 Å². The highest BCUT2D eigenvalue weighted by atomic mass is 19.1. The van der Waals surface area contributed by atoms with Gasteiger partial charge < -0.3 is 29.4 Å². The van der Waals surface area contributed by atoms with E-state index in [1.807, 2.05) is 13.8 Å². The summed E-state index contributed by atoms with van der Waals surface area (Å²) >= 11 is 0. The van der Waals surface area contributed by atoms with Crippen LogP contribution in [0.4, 0.5) is 10.1 Å². The van der Waals surface area contributed by atoms with E-state index in [-0.39, 0.29) is 40.7 Å². The van der Waals surface area contributed by atoms with Gasteiger partial charge in [0.25, 0.3) is 5.91 Å². The first-order valence-corrected chi connectivity index (χ1v) is 12.2. The minimum absolute atomic E-state index is 0.0375. The van der Waals surface area contributed by atoms with Gasteiger partial charge in [0.1, 0.15) is 28.6 Å². The number of aromatic hydroxyl groups is 1. The van der Waals surface area contributed by atoms with Gasteiger partial charge in [-0.3, -0.25) is 4.79 Å². The molecule has 1 amide bonds. The summed E-state index contributed by atoms with van der Waals surface area (Å²) in [5.74, 6) is -1.42. The number of anilines is 1. The Hall–Kier alpha value is -2.84. The molecule has 35 heavy (non-hydrogen) atoms. The second-order valence-electron chi connectivity index (χ2n) is 10.7. The van der Waals surface area contributed by atoms with Crippen LogP contribution in [-0.4, -0.2) is 35.8 Å². The highest BCUT2D eigenvalue weighted by Crippen LogP contribution is 2.57. The smallest absolute Gasteiger partial charge is 0.263 e. The normalized spacial score (nSPS) is 34.7. The number of rotatable bonds is 2. The van der Waals surface area contributed by atoms with Gasteiger partial charge in [0.2, 0.25) is 11.6 Å². The van der Waals surface area contributed by atoms with Gasteiger partial charge in [0, 0.05) is 42.5 Å². The Kier molecular flexibility index (Phi) is 4.90. The molecule has 0 spiro atoms. The molecule has 2 aromatic rings. The van der Waals surface area contributed by atoms with Crippen molar-refractivity contribution >= 4 is 11.6 Å². The Morgan fingerprint density at radius 3 is 2.09 bits per heavy atom. The van der Waals surface area contributed by atoms with Gasteiger partial charge in [-0.1, -0.05) is 13.8 Å². The van der Waals surface area contributed by atoms with Crippen molar-refractivity contribution in [1.82, 2.24) is 0 Å². The number of amides is 1. The van der Waals surface area contributed by atoms with Crippen molar-refractivity contribution in [3.8, 4) is 17.2 Å². The van der Waals surface area contributed by atoms with E-state index in [1.165, 1.54) is 24.3 Å². The van der Waals surface area contributed by atoms with Crippen molar-refractivity contribution < 1.29 is 33.2 Å². The number of phenols is 1. The van der Waals surface area contributed by atoms with Crippen LogP contribution in [0, 0.1) is 29.5 Å². The number of ether oxygens (including phenoxy) is 4. The van der Waals surface area contributed by atoms with Gasteiger partial charge in [-0.05, 0) is 48.9 Å². The quantitative estimate of drug-likeness (QED) is 0.647. The van der Waals surface area contributed by atoms with Crippen LogP contribution in [0.3, 0.4) is 0 Å². The van der Waals surface area contributed by atoms with E-state index in [0.717, 1.165) is 5.56 Å². The minimum Gasteiger partial charge on any atom is -0.507 e. The number of hydrogen-bond donors (Lipinski definition) is 2. The molecule has 0 aliphatic carbocycles. The van der Waals surface area contributed by atoms with Crippen LogP contribution in [0.25, 0.3) is 0 Å². The molecule has 0 unspecified atom stereocenters. The molecule has 4 aliphatic heterocycles. The summed E-state index contributed by atoms with van der Waals surface area (Å²) in [6.45, 7) is 9.16. The molecule has 0 radical (unpaired) electrons. The zero-order valence-electron chi connectivity index (χ0n) is 20.3. The second-order valence-corrected chi connectivity index (χ2v) is 10.7. The summed E-state index contributed by atoms with van der Waals surface area (Å²) in [5, 5.41) is 14.3. The number of carbonyl (C=O) groups is 1. The van der Waals surface area contributed by atoms with Crippen LogP contribution in [0.1, 0.15) is 49.2 Å². The van der Waals surface area contributed by atoms with Gasteiger partial charge in [-0.25, -0.2) is 4.39 Å². The Balaban J connectivity index is 1.50. The lowest BCUT2D eigenvalue weighted by Crippen LogP contribution is -2.47. The average Bonchev–Trinajstić information content (AvgIpc) is 3.28. The third-order valence-corrected chi connectivity index (χ3v) is 8.35. The highest BCUT2D eigenvalue weighted by Gasteiger charge is 2.55. The van der Waals surface area contributed by atoms with Crippen LogP contribution >= 0.6 is 0 Å². The van der Waals surface area contributed by atoms with E-state index in [9.17, 15) is 14.3 Å². The average molecular weight is 484 g/mol. The lowest BCUT2D eigenvalue weighted by atomic mass is 9.77. The molecule has 4 heterocycles. The molecule has 2 aromatic carbocycles. The topological polar surface area (TPSA) is 86.2 Å². The third-order valence-electron chi connectivity index (χ3n) is 8.35. The first kappa shape index (κ1) is 22.6. The van der Waals surface area contributed by atoms with Crippen molar-refractivity contribution in [1.29, 1.82) is 0 Å². The fourth-order valence-corrected chi connectivity index (χ4v) is 6.25. The van der Waals surface area contributed by atoms with Gasteiger partial charge in [0.15, 0.2) is 0 Å². The van der Waals surface area contributed by atoms with Crippen LogP contribution in [0.15, 0.2) is 24.3 Å². The molecular weight excluding hydrogens is 453 g/mol. The first-order chi connectivity index (χ1) is 16.6. The molecule has 6 atom stereocenters. The standard InChI is InChI=1S/C27H30FNO6/c1-13-11-32-26(3)19(13)9-17-22(30)21(25(31)29-16-7-5-15(28)6-8-16)24-18(23(17)34-26)10-20-14(2)12-33-27(20,4)35-24/h5-8,13-14,19-20,30H,9-12H2,1-4H3,(H,29,31)/t13-,14-,19+,20+,26+,27+/m0/s1. The SMILES string of the molecule is C[C@H]1CO[C@]2(C)Oc3c(c(O)c(C(=O)Nc4ccc(F)cc4)c4c3C[C@@H]3[C@@H](C)CO[C@]3(C)O4)C[C@H]12. The van der Waals surface area contributed by atoms with E-state index in [0.29, 0.717) is 43.1 Å². The van der Waals surface area contributed by atoms with Gasteiger partial charge >= 0.3 is 0 Å². The maximum absolute atomic E-state index is 13.5. The lowest BCUT2D eigenvalue weighted by Gasteiger charge is -2.43. The zero-order chi connectivity index (χ0) is 24.7. The monoisotopic (exact) mass is 483 g/mol. The van der Waals surface area contributed by atoms with Crippen LogP contribution in [-0.2, 0) is 22.3 Å². The zero-order valence-corrected chi connectivity index (χ0v) is 20.3. The fourth-order valence-electron chi connectivity index (χ4n) is 6.25. The predicted octanol–water partition coefficient (Wildman–Crippen LogP) is 4.65. The number of fused-ring (bicyclic) bond motifs is 5. The van der Waals surface area contributed by atoms with Crippen molar-refractivity contribution in [2.24, 2.45) is 23.7 Å². The van der Waals surface area contributed by atoms with Crippen molar-refractivity contribution in [2.45, 2.75) is 52.1 Å². The molecule has 0 bridgehead atoms. The van der Waals surface area contributed by atoms with Crippen molar-refractivity contribution in [2.75, 3.05) is 18.5 Å². The largest absolute Gasteiger partial charge is 0.507 e. The van der Waals surface area contributed by atoms with Crippen LogP contribution in [0.2, 0.25) is 0 Å². The number of carbonyl (C=O) groups excluding carboxylic acids is 1. The molecule has 0 aromatic heterocycles. The summed E-state index contributed by atoms with van der Waals surface area (Å²) in [4.78, 5) is 13.5. The molecule has 2 N–H and O–H groups in total. The minimum atomic E-state index is -0.919. The number of hydrogen-bond acceptors (Lipinski definition) is 6. The van der Waals surface area contributed by atoms with E-state index < -0.39 is 23.3 Å². The summed E-state index contributed by atoms with van der Waals surface area (Å²) in [7, 11) is 0. The second kappa shape index (κ2) is 7.58. The number of nitrogens with one attached hydrogen (secondary N) is 1. The molecule has 0 saturated carbocycles. The molecule has 7 nitrogen and oxygen atoms in total. The van der Waals surface area contributed by atoms with Crippen LogP contribution < -0.4 is 14.8 Å². The van der Waals surface area contributed by atoms with Crippen molar-refractivity contribution in [3.05, 3.63) is 46.8 Å². The highest BCUT2D eigenvalue weighted by molar-refractivity contribution is 6.09. The van der Waals surface area contributed by atoms with E-state index in [2.05, 4.69) is 19.2 Å². The number of benzene rings is 2. The van der Waals surface area contributed by atoms with Crippen LogP contribution in [0.5, 0.6) is 17.2 Å². The van der Waals surface area contributed by atoms with Gasteiger partial charge in [-0.15, -0.1) is 0 Å². The Labute approximate surface area is 203 Å². The molecule has 186 valence electrons. The van der Waals surface area contributed by atoms with E-state index >= 15 is 0 Å². The van der Waals surface area contributed by atoms with E-state index in [1.54, 1.807) is 0 Å². The Morgan fingerprint density at radius 1 is 0.943 bits per heavy atom. The van der Waals surface area contributed by atoms with E-state index in [4.69, 9.17) is 18.9 Å². The first-order valence-electron chi connectivity index (χ1n) is 12.2. The molecule has 6 rings (SSSR count). The fraction of sp³-hybridized carbons (Fsp3) is 0.519. The summed E-state index contributed by atoms with van der Waals surface area (Å²) < 4.78 is 38.4. The Morgan fingerprint density at radius 2 is 1.49 bits per heavy atom. The third kappa shape index (κ3) is 3.33. The Bertz CT molecular complexity index is 1220. The molecule has 2 saturated heterocycles. The molecular formula is C27H30FNO6. The lowest BCUT2D eigenvalue weighted by molar-refractivity contribution is -0.174. The number of halogens is 1. The van der Waals surface area contributed by atoms with Gasteiger partial charge in [-0.2, -0.15) is 0 Å². The maximum Gasteiger partial charge on any atom is 0.263 e. The molecule has 4 aliphatic rings.